The molecule has 0 spiro atoms. The smallest absolute Gasteiger partial charge is 0.266 e. The van der Waals surface area contributed by atoms with Crippen LogP contribution < -0.4 is 14.2 Å². The molecule has 0 aliphatic heterocycles. The van der Waals surface area contributed by atoms with Crippen LogP contribution in [0.15, 0.2) is 29.2 Å². The fourth-order valence-corrected chi connectivity index (χ4v) is 4.21. The van der Waals surface area contributed by atoms with E-state index in [9.17, 15) is 8.42 Å². The third-order valence-electron chi connectivity index (χ3n) is 3.06. The summed E-state index contributed by atoms with van der Waals surface area (Å²) in [6.45, 7) is 3.89. The lowest BCUT2D eigenvalue weighted by molar-refractivity contribution is 0.392. The molecule has 1 heterocycles. The molecule has 0 bridgehead atoms. The molecule has 5 nitrogen and oxygen atoms in total. The highest BCUT2D eigenvalue weighted by Gasteiger charge is 2.21. The second kappa shape index (κ2) is 5.95. The maximum Gasteiger partial charge on any atom is 0.266 e. The van der Waals surface area contributed by atoms with Crippen LogP contribution in [-0.2, 0) is 10.0 Å². The molecule has 7 heteroatoms. The summed E-state index contributed by atoms with van der Waals surface area (Å²) in [5.41, 5.74) is 1.05. The van der Waals surface area contributed by atoms with Crippen molar-refractivity contribution in [1.82, 2.24) is 0 Å². The molecule has 0 aliphatic rings. The van der Waals surface area contributed by atoms with E-state index in [1.165, 1.54) is 31.6 Å². The normalized spacial score (nSPS) is 11.2. The Morgan fingerprint density at radius 2 is 1.81 bits per heavy atom. The second-order valence-corrected chi connectivity index (χ2v) is 7.38. The van der Waals surface area contributed by atoms with E-state index in [0.717, 1.165) is 10.4 Å². The van der Waals surface area contributed by atoms with Gasteiger partial charge in [-0.2, -0.15) is 0 Å². The Hall–Kier alpha value is -1.73. The van der Waals surface area contributed by atoms with Crippen LogP contribution in [0.5, 0.6) is 11.5 Å². The molecule has 1 aromatic carbocycles. The molecule has 0 aliphatic carbocycles. The number of hydrogen-bond acceptors (Lipinski definition) is 5. The minimum atomic E-state index is -3.74. The number of aryl methyl sites for hydroxylation is 2. The quantitative estimate of drug-likeness (QED) is 0.916. The maximum absolute atomic E-state index is 12.5. The molecule has 0 fully saturated rings. The van der Waals surface area contributed by atoms with Gasteiger partial charge in [-0.1, -0.05) is 0 Å². The zero-order valence-corrected chi connectivity index (χ0v) is 13.9. The molecule has 1 N–H and O–H groups in total. The van der Waals surface area contributed by atoms with Crippen molar-refractivity contribution in [2.75, 3.05) is 18.9 Å². The number of benzene rings is 1. The van der Waals surface area contributed by atoms with Crippen LogP contribution in [0.3, 0.4) is 0 Å². The highest BCUT2D eigenvalue weighted by molar-refractivity contribution is 7.93. The molecule has 0 saturated heterocycles. The Bertz CT molecular complexity index is 731. The van der Waals surface area contributed by atoms with Crippen LogP contribution in [0.2, 0.25) is 0 Å². The van der Waals surface area contributed by atoms with Gasteiger partial charge in [0.05, 0.1) is 14.2 Å². The standard InChI is InChI=1S/C14H17NO4S2/c1-9-7-14(20-10(9)2)15-21(16,17)13-8-11(18-3)5-6-12(13)19-4/h5-8,15H,1-4H3. The lowest BCUT2D eigenvalue weighted by atomic mass is 10.3. The van der Waals surface area contributed by atoms with Crippen LogP contribution in [0.4, 0.5) is 5.00 Å². The van der Waals surface area contributed by atoms with Crippen LogP contribution in [0.25, 0.3) is 0 Å². The van der Waals surface area contributed by atoms with Gasteiger partial charge in [0.1, 0.15) is 21.4 Å². The van der Waals surface area contributed by atoms with E-state index in [1.54, 1.807) is 12.1 Å². The van der Waals surface area contributed by atoms with E-state index in [1.807, 2.05) is 19.9 Å². The average molecular weight is 327 g/mol. The Morgan fingerprint density at radius 1 is 1.10 bits per heavy atom. The summed E-state index contributed by atoms with van der Waals surface area (Å²) in [5, 5.41) is 0.579. The van der Waals surface area contributed by atoms with Crippen LogP contribution in [-0.4, -0.2) is 22.6 Å². The van der Waals surface area contributed by atoms with Gasteiger partial charge in [0.25, 0.3) is 10.0 Å². The van der Waals surface area contributed by atoms with Crippen molar-refractivity contribution in [2.24, 2.45) is 0 Å². The van der Waals surface area contributed by atoms with E-state index in [4.69, 9.17) is 9.47 Å². The van der Waals surface area contributed by atoms with Crippen LogP contribution >= 0.6 is 11.3 Å². The number of hydrogen-bond donors (Lipinski definition) is 1. The van der Waals surface area contributed by atoms with Crippen LogP contribution in [0, 0.1) is 13.8 Å². The fourth-order valence-electron chi connectivity index (χ4n) is 1.80. The molecule has 0 saturated carbocycles. The Kier molecular flexibility index (Phi) is 4.43. The van der Waals surface area contributed by atoms with Crippen molar-refractivity contribution in [3.8, 4) is 11.5 Å². The lowest BCUT2D eigenvalue weighted by Crippen LogP contribution is -2.13. The Labute approximate surface area is 128 Å². The maximum atomic E-state index is 12.5. The molecule has 2 rings (SSSR count). The Morgan fingerprint density at radius 3 is 2.33 bits per heavy atom. The van der Waals surface area contributed by atoms with Crippen molar-refractivity contribution in [3.05, 3.63) is 34.7 Å². The highest BCUT2D eigenvalue weighted by atomic mass is 32.2. The summed E-state index contributed by atoms with van der Waals surface area (Å²) in [4.78, 5) is 1.12. The first-order valence-corrected chi connectivity index (χ1v) is 8.49. The lowest BCUT2D eigenvalue weighted by Gasteiger charge is -2.11. The fraction of sp³-hybridized carbons (Fsp3) is 0.286. The van der Waals surface area contributed by atoms with E-state index < -0.39 is 10.0 Å². The van der Waals surface area contributed by atoms with Crippen molar-refractivity contribution >= 4 is 26.4 Å². The first-order valence-electron chi connectivity index (χ1n) is 6.19. The molecule has 0 amide bonds. The highest BCUT2D eigenvalue weighted by Crippen LogP contribution is 2.32. The molecule has 21 heavy (non-hydrogen) atoms. The average Bonchev–Trinajstić information content (AvgIpc) is 2.75. The number of anilines is 1. The van der Waals surface area contributed by atoms with E-state index >= 15 is 0 Å². The summed E-state index contributed by atoms with van der Waals surface area (Å²) >= 11 is 1.40. The van der Waals surface area contributed by atoms with Gasteiger partial charge in [-0.25, -0.2) is 8.42 Å². The summed E-state index contributed by atoms with van der Waals surface area (Å²) in [7, 11) is -0.822. The molecular weight excluding hydrogens is 310 g/mol. The molecule has 2 aromatic rings. The van der Waals surface area contributed by atoms with E-state index in [2.05, 4.69) is 4.72 Å². The molecule has 0 unspecified atom stereocenters. The summed E-state index contributed by atoms with van der Waals surface area (Å²) in [5.74, 6) is 0.725. The molecule has 0 radical (unpaired) electrons. The van der Waals surface area contributed by atoms with Gasteiger partial charge in [-0.15, -0.1) is 11.3 Å². The topological polar surface area (TPSA) is 64.6 Å². The van der Waals surface area contributed by atoms with Crippen LogP contribution in [0.1, 0.15) is 10.4 Å². The number of ether oxygens (including phenoxy) is 2. The predicted octanol–water partition coefficient (Wildman–Crippen LogP) is 3.18. The number of methoxy groups -OCH3 is 2. The van der Waals surface area contributed by atoms with E-state index in [-0.39, 0.29) is 10.6 Å². The van der Waals surface area contributed by atoms with Gasteiger partial charge in [0.2, 0.25) is 0 Å². The van der Waals surface area contributed by atoms with Gasteiger partial charge in [-0.3, -0.25) is 4.72 Å². The van der Waals surface area contributed by atoms with Crippen molar-refractivity contribution < 1.29 is 17.9 Å². The third kappa shape index (κ3) is 3.30. The molecule has 114 valence electrons. The number of thiophene rings is 1. The minimum Gasteiger partial charge on any atom is -0.497 e. The third-order valence-corrected chi connectivity index (χ3v) is 5.65. The van der Waals surface area contributed by atoms with Gasteiger partial charge < -0.3 is 9.47 Å². The van der Waals surface area contributed by atoms with E-state index in [0.29, 0.717) is 10.8 Å². The zero-order chi connectivity index (χ0) is 15.6. The number of rotatable bonds is 5. The SMILES string of the molecule is COc1ccc(OC)c(S(=O)(=O)Nc2cc(C)c(C)s2)c1. The largest absolute Gasteiger partial charge is 0.497 e. The van der Waals surface area contributed by atoms with Gasteiger partial charge in [0.15, 0.2) is 0 Å². The number of nitrogens with one attached hydrogen (secondary N) is 1. The van der Waals surface area contributed by atoms with Gasteiger partial charge in [-0.05, 0) is 37.6 Å². The van der Waals surface area contributed by atoms with Crippen molar-refractivity contribution in [2.45, 2.75) is 18.7 Å². The summed E-state index contributed by atoms with van der Waals surface area (Å²) in [6.07, 6.45) is 0. The molecule has 1 aromatic heterocycles. The summed E-state index contributed by atoms with van der Waals surface area (Å²) in [6, 6.07) is 6.47. The zero-order valence-electron chi connectivity index (χ0n) is 12.3. The summed E-state index contributed by atoms with van der Waals surface area (Å²) < 4.78 is 37.8. The van der Waals surface area contributed by atoms with Crippen molar-refractivity contribution in [3.63, 3.8) is 0 Å². The minimum absolute atomic E-state index is 0.0491. The first-order chi connectivity index (χ1) is 9.87. The molecular formula is C14H17NO4S2. The monoisotopic (exact) mass is 327 g/mol. The molecule has 0 atom stereocenters. The number of sulfonamides is 1. The van der Waals surface area contributed by atoms with Gasteiger partial charge >= 0.3 is 0 Å². The Balaban J connectivity index is 2.43. The van der Waals surface area contributed by atoms with Gasteiger partial charge in [0, 0.05) is 10.9 Å². The predicted molar refractivity (Wildman–Crippen MR) is 84.1 cm³/mol. The first kappa shape index (κ1) is 15.7. The second-order valence-electron chi connectivity index (χ2n) is 4.47. The van der Waals surface area contributed by atoms with Crippen molar-refractivity contribution in [1.29, 1.82) is 0 Å².